The van der Waals surface area contributed by atoms with E-state index >= 15 is 0 Å². The number of furan rings is 1. The standard InChI is InChI=1S/C15H20O6/c1-10(9-19-3)13(18)5-7-14(20-11(2)17)15-6-4-12(8-16)21-15/h4,6,14,16H,1,5,7-9H2,2-3H3/t14-/m1/s1. The van der Waals surface area contributed by atoms with Gasteiger partial charge in [-0.2, -0.15) is 0 Å². The van der Waals surface area contributed by atoms with E-state index < -0.39 is 12.1 Å². The largest absolute Gasteiger partial charge is 0.460 e. The Hall–Kier alpha value is -1.92. The summed E-state index contributed by atoms with van der Waals surface area (Å²) in [6, 6.07) is 3.21. The number of ketones is 1. The van der Waals surface area contributed by atoms with E-state index in [9.17, 15) is 9.59 Å². The maximum atomic E-state index is 11.8. The lowest BCUT2D eigenvalue weighted by Crippen LogP contribution is -2.12. The number of Topliss-reactive ketones (excluding diaryl/α,β-unsaturated/α-hetero) is 1. The number of ether oxygens (including phenoxy) is 2. The molecule has 0 aliphatic carbocycles. The molecular formula is C15H20O6. The van der Waals surface area contributed by atoms with Gasteiger partial charge >= 0.3 is 5.97 Å². The molecule has 0 unspecified atom stereocenters. The van der Waals surface area contributed by atoms with Crippen molar-refractivity contribution in [3.05, 3.63) is 35.8 Å². The van der Waals surface area contributed by atoms with E-state index in [2.05, 4.69) is 6.58 Å². The minimum Gasteiger partial charge on any atom is -0.460 e. The second-order valence-corrected chi connectivity index (χ2v) is 4.56. The predicted octanol–water partition coefficient (Wildman–Crippen LogP) is 1.93. The summed E-state index contributed by atoms with van der Waals surface area (Å²) in [7, 11) is 1.49. The fourth-order valence-electron chi connectivity index (χ4n) is 1.81. The summed E-state index contributed by atoms with van der Waals surface area (Å²) < 4.78 is 15.4. The molecule has 1 atom stereocenters. The summed E-state index contributed by atoms with van der Waals surface area (Å²) in [5, 5.41) is 8.98. The number of carbonyl (C=O) groups is 2. The molecule has 1 aromatic heterocycles. The van der Waals surface area contributed by atoms with Crippen LogP contribution in [-0.2, 0) is 25.7 Å². The van der Waals surface area contributed by atoms with Crippen molar-refractivity contribution in [1.29, 1.82) is 0 Å². The molecule has 0 saturated carbocycles. The SMILES string of the molecule is C=C(COC)C(=O)CC[C@@H](OC(C)=O)c1ccc(CO)o1. The molecule has 0 aromatic carbocycles. The second kappa shape index (κ2) is 8.39. The molecular weight excluding hydrogens is 276 g/mol. The molecule has 21 heavy (non-hydrogen) atoms. The fraction of sp³-hybridized carbons (Fsp3) is 0.467. The van der Waals surface area contributed by atoms with Crippen LogP contribution < -0.4 is 0 Å². The Kier molecular flexibility index (Phi) is 6.84. The molecule has 1 aromatic rings. The minimum absolute atomic E-state index is 0.150. The summed E-state index contributed by atoms with van der Waals surface area (Å²) in [6.45, 7) is 4.85. The van der Waals surface area contributed by atoms with Crippen LogP contribution in [0.15, 0.2) is 28.7 Å². The number of rotatable bonds is 9. The molecule has 0 bridgehead atoms. The highest BCUT2D eigenvalue weighted by molar-refractivity contribution is 5.94. The Morgan fingerprint density at radius 2 is 2.14 bits per heavy atom. The quantitative estimate of drug-likeness (QED) is 0.553. The van der Waals surface area contributed by atoms with Gasteiger partial charge in [-0.05, 0) is 18.6 Å². The first-order valence-corrected chi connectivity index (χ1v) is 6.54. The van der Waals surface area contributed by atoms with Crippen LogP contribution in [0.4, 0.5) is 0 Å². The van der Waals surface area contributed by atoms with Crippen molar-refractivity contribution in [3.63, 3.8) is 0 Å². The predicted molar refractivity (Wildman–Crippen MR) is 74.4 cm³/mol. The molecule has 6 nitrogen and oxygen atoms in total. The van der Waals surface area contributed by atoms with Crippen LogP contribution in [0.1, 0.15) is 37.4 Å². The first-order chi connectivity index (χ1) is 9.97. The summed E-state index contributed by atoms with van der Waals surface area (Å²) in [4.78, 5) is 23.0. The fourth-order valence-corrected chi connectivity index (χ4v) is 1.81. The molecule has 1 heterocycles. The molecule has 116 valence electrons. The highest BCUT2D eigenvalue weighted by Gasteiger charge is 2.21. The van der Waals surface area contributed by atoms with Crippen molar-refractivity contribution in [2.45, 2.75) is 32.5 Å². The normalized spacial score (nSPS) is 12.0. The monoisotopic (exact) mass is 296 g/mol. The van der Waals surface area contributed by atoms with E-state index in [0.29, 0.717) is 17.1 Å². The maximum Gasteiger partial charge on any atom is 0.303 e. The van der Waals surface area contributed by atoms with Gasteiger partial charge in [0.25, 0.3) is 0 Å². The molecule has 6 heteroatoms. The lowest BCUT2D eigenvalue weighted by molar-refractivity contribution is -0.148. The van der Waals surface area contributed by atoms with E-state index in [1.54, 1.807) is 12.1 Å². The van der Waals surface area contributed by atoms with E-state index in [-0.39, 0.29) is 31.8 Å². The Morgan fingerprint density at radius 3 is 2.67 bits per heavy atom. The van der Waals surface area contributed by atoms with Crippen molar-refractivity contribution < 1.29 is 28.6 Å². The van der Waals surface area contributed by atoms with E-state index in [1.165, 1.54) is 14.0 Å². The lowest BCUT2D eigenvalue weighted by Gasteiger charge is -2.14. The Balaban J connectivity index is 2.68. The van der Waals surface area contributed by atoms with Gasteiger partial charge in [0.15, 0.2) is 11.9 Å². The third-order valence-electron chi connectivity index (χ3n) is 2.81. The maximum absolute atomic E-state index is 11.8. The minimum atomic E-state index is -0.665. The average Bonchev–Trinajstić information content (AvgIpc) is 2.91. The molecule has 0 radical (unpaired) electrons. The molecule has 1 rings (SSSR count). The van der Waals surface area contributed by atoms with Crippen LogP contribution in [0.25, 0.3) is 0 Å². The van der Waals surface area contributed by atoms with Gasteiger partial charge in [0.1, 0.15) is 18.1 Å². The molecule has 1 N–H and O–H groups in total. The van der Waals surface area contributed by atoms with Gasteiger partial charge < -0.3 is 19.0 Å². The van der Waals surface area contributed by atoms with Crippen molar-refractivity contribution in [1.82, 2.24) is 0 Å². The summed E-state index contributed by atoms with van der Waals surface area (Å²) in [5.74, 6) is 0.157. The molecule has 0 saturated heterocycles. The van der Waals surface area contributed by atoms with Gasteiger partial charge in [-0.25, -0.2) is 0 Å². The van der Waals surface area contributed by atoms with Gasteiger partial charge in [0, 0.05) is 26.0 Å². The highest BCUT2D eigenvalue weighted by Crippen LogP contribution is 2.26. The van der Waals surface area contributed by atoms with Crippen LogP contribution in [0.3, 0.4) is 0 Å². The molecule has 0 aliphatic heterocycles. The zero-order chi connectivity index (χ0) is 15.8. The van der Waals surface area contributed by atoms with Crippen molar-refractivity contribution >= 4 is 11.8 Å². The highest BCUT2D eigenvalue weighted by atomic mass is 16.6. The number of aliphatic hydroxyl groups excluding tert-OH is 1. The van der Waals surface area contributed by atoms with E-state index in [1.807, 2.05) is 0 Å². The van der Waals surface area contributed by atoms with Crippen molar-refractivity contribution in [2.24, 2.45) is 0 Å². The Labute approximate surface area is 123 Å². The Morgan fingerprint density at radius 1 is 1.43 bits per heavy atom. The van der Waals surface area contributed by atoms with Crippen LogP contribution in [0.5, 0.6) is 0 Å². The number of methoxy groups -OCH3 is 1. The van der Waals surface area contributed by atoms with Crippen molar-refractivity contribution in [3.8, 4) is 0 Å². The summed E-state index contributed by atoms with van der Waals surface area (Å²) in [5.41, 5.74) is 0.370. The van der Waals surface area contributed by atoms with Gasteiger partial charge in [0.2, 0.25) is 0 Å². The zero-order valence-electron chi connectivity index (χ0n) is 12.3. The first-order valence-electron chi connectivity index (χ1n) is 6.54. The topological polar surface area (TPSA) is 86.0 Å². The summed E-state index contributed by atoms with van der Waals surface area (Å²) in [6.07, 6.45) is -0.225. The second-order valence-electron chi connectivity index (χ2n) is 4.56. The van der Waals surface area contributed by atoms with Gasteiger partial charge in [-0.1, -0.05) is 6.58 Å². The third kappa shape index (κ3) is 5.53. The van der Waals surface area contributed by atoms with Gasteiger partial charge in [-0.15, -0.1) is 0 Å². The number of hydrogen-bond acceptors (Lipinski definition) is 6. The molecule has 0 amide bonds. The van der Waals surface area contributed by atoms with E-state index in [4.69, 9.17) is 19.0 Å². The van der Waals surface area contributed by atoms with Gasteiger partial charge in [-0.3, -0.25) is 9.59 Å². The average molecular weight is 296 g/mol. The van der Waals surface area contributed by atoms with Crippen LogP contribution in [0.2, 0.25) is 0 Å². The number of hydrogen-bond donors (Lipinski definition) is 1. The number of aliphatic hydroxyl groups is 1. The van der Waals surface area contributed by atoms with Crippen LogP contribution in [0, 0.1) is 0 Å². The third-order valence-corrected chi connectivity index (χ3v) is 2.81. The zero-order valence-corrected chi connectivity index (χ0v) is 12.3. The molecule has 0 fully saturated rings. The molecule has 0 aliphatic rings. The lowest BCUT2D eigenvalue weighted by atomic mass is 10.0. The molecule has 0 spiro atoms. The Bertz CT molecular complexity index is 502. The first kappa shape index (κ1) is 17.1. The van der Waals surface area contributed by atoms with Crippen molar-refractivity contribution in [2.75, 3.05) is 13.7 Å². The number of carbonyl (C=O) groups excluding carboxylic acids is 2. The van der Waals surface area contributed by atoms with Gasteiger partial charge in [0.05, 0.1) is 6.61 Å². The van der Waals surface area contributed by atoms with Crippen LogP contribution in [-0.4, -0.2) is 30.6 Å². The van der Waals surface area contributed by atoms with E-state index in [0.717, 1.165) is 0 Å². The van der Waals surface area contributed by atoms with Crippen LogP contribution >= 0.6 is 0 Å². The summed E-state index contributed by atoms with van der Waals surface area (Å²) >= 11 is 0. The number of esters is 1. The smallest absolute Gasteiger partial charge is 0.303 e.